The lowest BCUT2D eigenvalue weighted by Gasteiger charge is -2.38. The molecule has 4 heterocycles. The molecule has 4 aromatic carbocycles. The number of hydrogen-bond acceptors (Lipinski definition) is 4. The normalized spacial score (nSPS) is 26.6. The number of ether oxygens (including phenoxy) is 2. The van der Waals surface area contributed by atoms with Crippen LogP contribution in [0.1, 0.15) is 93.3 Å². The Morgan fingerprint density at radius 1 is 0.460 bits per heavy atom. The van der Waals surface area contributed by atoms with Crippen LogP contribution < -0.4 is 0 Å². The van der Waals surface area contributed by atoms with E-state index in [2.05, 4.69) is 36.0 Å². The molecule has 4 aromatic rings. The zero-order chi connectivity index (χ0) is 33.9. The number of fused-ring (bicyclic) bond motifs is 4. The van der Waals surface area contributed by atoms with Crippen molar-refractivity contribution in [3.63, 3.8) is 0 Å². The van der Waals surface area contributed by atoms with E-state index in [1.54, 1.807) is 24.3 Å². The van der Waals surface area contributed by atoms with Crippen molar-refractivity contribution in [2.45, 2.75) is 107 Å². The minimum absolute atomic E-state index is 0. The molecule has 0 aliphatic carbocycles. The Balaban J connectivity index is 0.000000170. The topological polar surface area (TPSA) is 24.9 Å². The predicted molar refractivity (Wildman–Crippen MR) is 193 cm³/mol. The van der Waals surface area contributed by atoms with Crippen LogP contribution in [-0.4, -0.2) is 60.3 Å². The minimum Gasteiger partial charge on any atom is -0.365 e. The van der Waals surface area contributed by atoms with Crippen molar-refractivity contribution in [3.8, 4) is 0 Å². The van der Waals surface area contributed by atoms with Crippen molar-refractivity contribution in [2.24, 2.45) is 0 Å². The molecule has 4 aliphatic rings. The van der Waals surface area contributed by atoms with Crippen molar-refractivity contribution in [1.29, 1.82) is 0 Å². The fraction of sp³-hybridized carbons (Fsp3) is 0.442. The summed E-state index contributed by atoms with van der Waals surface area (Å²) < 4.78 is 53.0. The monoisotopic (exact) mass is 684 g/mol. The Morgan fingerprint density at radius 2 is 0.740 bits per heavy atom. The maximum absolute atomic E-state index is 13.3. The molecule has 4 nitrogen and oxygen atoms in total. The Kier molecular flexibility index (Phi) is 11.8. The van der Waals surface area contributed by atoms with Gasteiger partial charge in [0.1, 0.15) is 29.7 Å². The van der Waals surface area contributed by atoms with Crippen molar-refractivity contribution >= 4 is 0 Å². The zero-order valence-electron chi connectivity index (χ0n) is 28.4. The van der Waals surface area contributed by atoms with E-state index in [1.807, 2.05) is 30.3 Å². The van der Waals surface area contributed by atoms with Crippen LogP contribution in [0.5, 0.6) is 0 Å². The zero-order valence-corrected chi connectivity index (χ0v) is 28.4. The van der Waals surface area contributed by atoms with Gasteiger partial charge in [-0.05, 0) is 124 Å². The average molecular weight is 685 g/mol. The van der Waals surface area contributed by atoms with Crippen LogP contribution in [0.25, 0.3) is 0 Å². The molecule has 3 unspecified atom stereocenters. The van der Waals surface area contributed by atoms with Crippen LogP contribution in [-0.2, 0) is 9.47 Å². The number of piperidine rings is 2. The highest BCUT2D eigenvalue weighted by molar-refractivity contribution is 5.32. The lowest BCUT2D eigenvalue weighted by Crippen LogP contribution is -2.43. The molecule has 0 radical (unpaired) electrons. The van der Waals surface area contributed by atoms with Crippen molar-refractivity contribution in [1.82, 2.24) is 9.80 Å². The second kappa shape index (κ2) is 16.2. The van der Waals surface area contributed by atoms with Gasteiger partial charge in [0.05, 0.1) is 12.2 Å². The van der Waals surface area contributed by atoms with E-state index in [1.165, 1.54) is 62.1 Å². The second-order valence-electron chi connectivity index (χ2n) is 14.4. The molecular weight excluding hydrogens is 633 g/mol. The van der Waals surface area contributed by atoms with Gasteiger partial charge < -0.3 is 19.3 Å². The summed E-state index contributed by atoms with van der Waals surface area (Å²) >= 11 is 0. The van der Waals surface area contributed by atoms with E-state index < -0.39 is 0 Å². The van der Waals surface area contributed by atoms with E-state index in [0.29, 0.717) is 24.2 Å². The highest BCUT2D eigenvalue weighted by atomic mass is 19.1. The van der Waals surface area contributed by atoms with Gasteiger partial charge in [0.15, 0.2) is 0 Å². The summed E-state index contributed by atoms with van der Waals surface area (Å²) in [4.78, 5) is 5.00. The summed E-state index contributed by atoms with van der Waals surface area (Å²) in [5.74, 6) is -0.735. The molecule has 4 bridgehead atoms. The minimum atomic E-state index is -0.297. The van der Waals surface area contributed by atoms with Crippen LogP contribution in [0, 0.1) is 17.5 Å². The predicted octanol–water partition coefficient (Wildman–Crippen LogP) is 9.89. The quantitative estimate of drug-likeness (QED) is 0.185. The molecule has 0 aromatic heterocycles. The third-order valence-electron chi connectivity index (χ3n) is 11.4. The highest BCUT2D eigenvalue weighted by Gasteiger charge is 2.41. The maximum atomic E-state index is 13.3. The first kappa shape index (κ1) is 36.3. The lowest BCUT2D eigenvalue weighted by atomic mass is 9.97. The van der Waals surface area contributed by atoms with Crippen molar-refractivity contribution in [2.75, 3.05) is 14.1 Å². The number of rotatable bonds is 8. The molecule has 4 saturated heterocycles. The molecule has 4 aliphatic heterocycles. The largest absolute Gasteiger partial charge is 0.365 e. The Morgan fingerprint density at radius 3 is 1.04 bits per heavy atom. The molecule has 0 saturated carbocycles. The Hall–Kier alpha value is -3.49. The first-order valence-corrected chi connectivity index (χ1v) is 17.9. The van der Waals surface area contributed by atoms with Crippen LogP contribution >= 0.6 is 0 Å². The number of hydrogen-bond donors (Lipinski definition) is 0. The highest BCUT2D eigenvalue weighted by Crippen LogP contribution is 2.40. The van der Waals surface area contributed by atoms with E-state index in [-0.39, 0.29) is 49.3 Å². The summed E-state index contributed by atoms with van der Waals surface area (Å²) in [6.45, 7) is 0. The van der Waals surface area contributed by atoms with Gasteiger partial charge in [-0.1, -0.05) is 74.2 Å². The van der Waals surface area contributed by atoms with Crippen LogP contribution in [0.2, 0.25) is 0 Å². The number of halogens is 3. The van der Waals surface area contributed by atoms with Gasteiger partial charge in [-0.25, -0.2) is 13.2 Å². The standard InChI is InChI=1S/C21H23F2NO.C21H24FNO.CH4/c1-24-18-10-11-19(24)13-20(12-18)25-21(14-2-6-16(22)7-3-14)15-4-8-17(23)9-5-15;1-23-18-11-12-19(23)14-20(13-18)24-21(15-5-3-2-4-6-15)16-7-9-17(22)10-8-16;/h2-9,18-21H,10-13H2,1H3;2-10,18-21H,11-14H2,1H3;1H4/t18-,19+,20?;18-,19+,20?,21?;. The van der Waals surface area contributed by atoms with Crippen molar-refractivity contribution < 1.29 is 22.6 Å². The molecule has 266 valence electrons. The first-order chi connectivity index (χ1) is 23.8. The Labute approximate surface area is 296 Å². The first-order valence-electron chi connectivity index (χ1n) is 17.9. The van der Waals surface area contributed by atoms with Gasteiger partial charge in [-0.3, -0.25) is 0 Å². The maximum Gasteiger partial charge on any atom is 0.123 e. The van der Waals surface area contributed by atoms with Gasteiger partial charge in [-0.2, -0.15) is 0 Å². The fourth-order valence-electron chi connectivity index (χ4n) is 8.57. The molecule has 0 spiro atoms. The van der Waals surface area contributed by atoms with Crippen molar-refractivity contribution in [3.05, 3.63) is 143 Å². The number of benzene rings is 4. The van der Waals surface area contributed by atoms with Gasteiger partial charge in [-0.15, -0.1) is 0 Å². The van der Waals surface area contributed by atoms with E-state index in [4.69, 9.17) is 9.47 Å². The summed E-state index contributed by atoms with van der Waals surface area (Å²) in [6.07, 6.45) is 9.29. The summed E-state index contributed by atoms with van der Waals surface area (Å²) in [5, 5.41) is 0. The van der Waals surface area contributed by atoms with Gasteiger partial charge in [0, 0.05) is 24.2 Å². The second-order valence-corrected chi connectivity index (χ2v) is 14.4. The van der Waals surface area contributed by atoms with E-state index >= 15 is 0 Å². The molecule has 7 heteroatoms. The van der Waals surface area contributed by atoms with Crippen LogP contribution in [0.3, 0.4) is 0 Å². The third kappa shape index (κ3) is 8.34. The molecule has 8 rings (SSSR count). The SMILES string of the molecule is C.CN1[C@@H]2CC[C@H]1CC(OC(c1ccc(F)cc1)c1ccc(F)cc1)C2.CN1[C@@H]2CC[C@H]1CC(OC(c1ccccc1)c1ccc(F)cc1)C2. The molecule has 0 N–H and O–H groups in total. The van der Waals surface area contributed by atoms with Crippen LogP contribution in [0.4, 0.5) is 13.2 Å². The summed E-state index contributed by atoms with van der Waals surface area (Å²) in [5.41, 5.74) is 3.96. The van der Waals surface area contributed by atoms with Crippen LogP contribution in [0.15, 0.2) is 103 Å². The van der Waals surface area contributed by atoms with E-state index in [9.17, 15) is 13.2 Å². The van der Waals surface area contributed by atoms with E-state index in [0.717, 1.165) is 47.9 Å². The third-order valence-corrected chi connectivity index (χ3v) is 11.4. The lowest BCUT2D eigenvalue weighted by molar-refractivity contribution is -0.0428. The number of nitrogens with zero attached hydrogens (tertiary/aromatic N) is 2. The smallest absolute Gasteiger partial charge is 0.123 e. The molecular formula is C43H51F3N2O2. The summed E-state index contributed by atoms with van der Waals surface area (Å²) in [7, 11) is 4.45. The Bertz CT molecular complexity index is 1560. The fourth-order valence-corrected chi connectivity index (χ4v) is 8.57. The van der Waals surface area contributed by atoms with Gasteiger partial charge >= 0.3 is 0 Å². The molecule has 7 atom stereocenters. The van der Waals surface area contributed by atoms with Gasteiger partial charge in [0.2, 0.25) is 0 Å². The molecule has 4 fully saturated rings. The molecule has 0 amide bonds. The molecule has 50 heavy (non-hydrogen) atoms. The average Bonchev–Trinajstić information content (AvgIpc) is 3.43. The van der Waals surface area contributed by atoms with Gasteiger partial charge in [0.25, 0.3) is 0 Å². The summed E-state index contributed by atoms with van der Waals surface area (Å²) in [6, 6.07) is 32.3.